The van der Waals surface area contributed by atoms with Crippen molar-refractivity contribution >= 4 is 66.1 Å². The number of likely N-dealkylation sites (tertiary alicyclic amines) is 1. The summed E-state index contributed by atoms with van der Waals surface area (Å²) in [6.45, 7) is 18.7. The minimum atomic E-state index is -3.39. The van der Waals surface area contributed by atoms with Crippen LogP contribution in [0.15, 0.2) is 115 Å². The molecule has 10 nitrogen and oxygen atoms in total. The highest BCUT2D eigenvalue weighted by Crippen LogP contribution is 2.51. The molecule has 0 radical (unpaired) electrons. The molecule has 0 spiro atoms. The fourth-order valence-corrected chi connectivity index (χ4v) is 13.1. The number of hydrogen-bond donors (Lipinski definition) is 0. The molecule has 1 heterocycles. The number of amides is 1. The van der Waals surface area contributed by atoms with E-state index in [-0.39, 0.29) is 33.8 Å². The molecule has 5 rings (SSSR count). The van der Waals surface area contributed by atoms with E-state index in [0.717, 1.165) is 15.9 Å². The van der Waals surface area contributed by atoms with E-state index in [4.69, 9.17) is 18.6 Å². The van der Waals surface area contributed by atoms with Crippen LogP contribution in [0.1, 0.15) is 96.4 Å². The molecule has 330 valence electrons. The van der Waals surface area contributed by atoms with Crippen molar-refractivity contribution in [3.05, 3.63) is 126 Å². The molecular weight excluding hydrogens is 818 g/mol. The number of esters is 3. The average molecular weight is 880 g/mol. The molecule has 1 aliphatic rings. The van der Waals surface area contributed by atoms with Crippen LogP contribution in [0.2, 0.25) is 18.1 Å². The van der Waals surface area contributed by atoms with Gasteiger partial charge in [-0.3, -0.25) is 14.4 Å². The molecule has 0 aliphatic carbocycles. The Morgan fingerprint density at radius 2 is 1.18 bits per heavy atom. The van der Waals surface area contributed by atoms with E-state index < -0.39 is 74.9 Å². The molecule has 4 aromatic carbocycles. The van der Waals surface area contributed by atoms with Crippen LogP contribution >= 0.6 is 6.89 Å². The summed E-state index contributed by atoms with van der Waals surface area (Å²) in [5.41, 5.74) is -1.14. The number of nitrogens with zero attached hydrogens (tertiary/aromatic N) is 1. The van der Waals surface area contributed by atoms with E-state index in [1.807, 2.05) is 97.9 Å². The van der Waals surface area contributed by atoms with E-state index in [1.165, 1.54) is 11.0 Å². The molecule has 0 saturated carbocycles. The number of benzene rings is 4. The van der Waals surface area contributed by atoms with E-state index >= 15 is 9.59 Å². The zero-order valence-electron chi connectivity index (χ0n) is 38.2. The molecule has 4 aromatic rings. The van der Waals surface area contributed by atoms with Crippen molar-refractivity contribution in [3.63, 3.8) is 0 Å². The predicted molar refractivity (Wildman–Crippen MR) is 249 cm³/mol. The molecule has 1 saturated heterocycles. The summed E-state index contributed by atoms with van der Waals surface area (Å²) in [5.74, 6) is -3.61. The lowest BCUT2D eigenvalue weighted by atomic mass is 9.79. The van der Waals surface area contributed by atoms with Gasteiger partial charge in [-0.05, 0) is 94.6 Å². The smallest absolute Gasteiger partial charge is 0.358 e. The highest BCUT2D eigenvalue weighted by molar-refractivity contribution is 7.96. The highest BCUT2D eigenvalue weighted by Gasteiger charge is 2.57. The second-order valence-electron chi connectivity index (χ2n) is 19.3. The number of carbonyl (C=O) groups is 5. The molecule has 62 heavy (non-hydrogen) atoms. The summed E-state index contributed by atoms with van der Waals surface area (Å²) in [6, 6.07) is 34.1. The van der Waals surface area contributed by atoms with Gasteiger partial charge in [0.05, 0.1) is 29.0 Å². The van der Waals surface area contributed by atoms with Crippen molar-refractivity contribution in [2.75, 3.05) is 6.79 Å². The highest BCUT2D eigenvalue weighted by atomic mass is 31.2. The first-order valence-corrected chi connectivity index (χ1v) is 25.7. The Kier molecular flexibility index (Phi) is 14.5. The van der Waals surface area contributed by atoms with Gasteiger partial charge in [-0.1, -0.05) is 124 Å². The third-order valence-electron chi connectivity index (χ3n) is 11.4. The first-order chi connectivity index (χ1) is 28.9. The van der Waals surface area contributed by atoms with Gasteiger partial charge in [0, 0.05) is 18.9 Å². The zero-order chi connectivity index (χ0) is 45.8. The summed E-state index contributed by atoms with van der Waals surface area (Å²) < 4.78 is 23.9. The molecule has 3 atom stereocenters. The maximum Gasteiger partial charge on any atom is 0.358 e. The first kappa shape index (κ1) is 47.9. The molecule has 0 bridgehead atoms. The van der Waals surface area contributed by atoms with Crippen LogP contribution in [0, 0.1) is 11.3 Å². The standard InChI is InChI=1S/C50H62NO9PSi/c1-34(60-62(11,12)50(8,9)10)42-40(32-41(52)35-23-22-24-36(31-35)45(54)59-49(5,6)7)51(43(42)53)44(46(55)57-33-58-47(56)48(2,3)4)61(37-25-16-13-17-26-37,38-27-18-14-19-28-38)39-29-20-15-21-30-39/h13-31,34,40,42H,32-33H2,1-12H3/t34-,40+,42+/m0/s1. The van der Waals surface area contributed by atoms with Crippen LogP contribution in [0.25, 0.3) is 0 Å². The van der Waals surface area contributed by atoms with Gasteiger partial charge in [-0.25, -0.2) is 9.59 Å². The van der Waals surface area contributed by atoms with Crippen LogP contribution in [0.3, 0.4) is 0 Å². The van der Waals surface area contributed by atoms with Gasteiger partial charge in [0.1, 0.15) is 11.0 Å². The van der Waals surface area contributed by atoms with Crippen molar-refractivity contribution in [3.8, 4) is 0 Å². The molecule has 1 aliphatic heterocycles. The van der Waals surface area contributed by atoms with Crippen molar-refractivity contribution < 1.29 is 42.6 Å². The van der Waals surface area contributed by atoms with Gasteiger partial charge < -0.3 is 23.5 Å². The summed E-state index contributed by atoms with van der Waals surface area (Å²) in [6.07, 6.45) is -0.860. The van der Waals surface area contributed by atoms with Crippen molar-refractivity contribution in [1.29, 1.82) is 0 Å². The zero-order valence-corrected chi connectivity index (χ0v) is 40.1. The summed E-state index contributed by atoms with van der Waals surface area (Å²) in [5, 5.41) is 2.08. The third kappa shape index (κ3) is 10.4. The maximum atomic E-state index is 15.3. The number of rotatable bonds is 14. The monoisotopic (exact) mass is 879 g/mol. The van der Waals surface area contributed by atoms with Crippen molar-refractivity contribution in [1.82, 2.24) is 4.90 Å². The lowest BCUT2D eigenvalue weighted by Gasteiger charge is -2.53. The molecule has 0 aromatic heterocycles. The first-order valence-electron chi connectivity index (χ1n) is 21.1. The summed E-state index contributed by atoms with van der Waals surface area (Å²) >= 11 is 0. The summed E-state index contributed by atoms with van der Waals surface area (Å²) in [7, 11) is -2.47. The predicted octanol–water partition coefficient (Wildman–Crippen LogP) is 8.67. The molecule has 1 fully saturated rings. The number of ether oxygens (including phenoxy) is 3. The lowest BCUT2D eigenvalue weighted by Crippen LogP contribution is -2.69. The third-order valence-corrected chi connectivity index (χ3v) is 20.3. The normalized spacial score (nSPS) is 16.5. The molecule has 1 amide bonds. The lowest BCUT2D eigenvalue weighted by molar-refractivity contribution is -0.171. The van der Waals surface area contributed by atoms with Crippen molar-refractivity contribution in [2.24, 2.45) is 11.3 Å². The van der Waals surface area contributed by atoms with Crippen LogP contribution < -0.4 is 15.9 Å². The Balaban J connectivity index is 1.80. The van der Waals surface area contributed by atoms with E-state index in [0.29, 0.717) is 0 Å². The quantitative estimate of drug-likeness (QED) is 0.0306. The fraction of sp³-hybridized carbons (Fsp3) is 0.400. The van der Waals surface area contributed by atoms with Gasteiger partial charge in [-0.15, -0.1) is 0 Å². The van der Waals surface area contributed by atoms with Crippen LogP contribution in [0.5, 0.6) is 0 Å². The fourth-order valence-electron chi connectivity index (χ4n) is 7.32. The molecule has 12 heteroatoms. The number of carbonyl (C=O) groups excluding carboxylic acids is 5. The minimum Gasteiger partial charge on any atom is -0.456 e. The number of β-lactam (4-membered cyclic amide) rings is 1. The Morgan fingerprint density at radius 3 is 1.63 bits per heavy atom. The van der Waals surface area contributed by atoms with Gasteiger partial charge in [0.25, 0.3) is 0 Å². The van der Waals surface area contributed by atoms with Crippen molar-refractivity contribution in [2.45, 2.75) is 112 Å². The number of ketones is 1. The van der Waals surface area contributed by atoms with Gasteiger partial charge >= 0.3 is 17.9 Å². The second kappa shape index (κ2) is 18.7. The Bertz CT molecular complexity index is 2220. The number of hydrogen-bond acceptors (Lipinski definition) is 9. The van der Waals surface area contributed by atoms with Crippen LogP contribution in [0.4, 0.5) is 0 Å². The SMILES string of the molecule is C[C@H](O[Si](C)(C)C(C)(C)C)[C@H]1C(=O)N(C(C(=O)OCOC(=O)C(C)(C)C)=P(c2ccccc2)(c2ccccc2)c2ccccc2)[C@@H]1CC(=O)c1cccc(C(=O)OC(C)(C)C)c1. The van der Waals surface area contributed by atoms with E-state index in [2.05, 4.69) is 33.9 Å². The van der Waals surface area contributed by atoms with E-state index in [1.54, 1.807) is 59.7 Å². The average Bonchev–Trinajstić information content (AvgIpc) is 3.20. The second-order valence-corrected chi connectivity index (χ2v) is 27.4. The molecule has 0 unspecified atom stereocenters. The molecule has 0 N–H and O–H groups in total. The largest absolute Gasteiger partial charge is 0.456 e. The van der Waals surface area contributed by atoms with Gasteiger partial charge in [0.15, 0.2) is 14.1 Å². The number of Topliss-reactive ketones (excluding diaryl/α,β-unsaturated/α-hetero) is 1. The van der Waals surface area contributed by atoms with Crippen LogP contribution in [-0.2, 0) is 33.0 Å². The Hall–Kier alpha value is -5.09. The topological polar surface area (TPSA) is 126 Å². The Labute approximate surface area is 368 Å². The summed E-state index contributed by atoms with van der Waals surface area (Å²) in [4.78, 5) is 72.9. The molecular formula is C50H62NO9PSi. The van der Waals surface area contributed by atoms with Gasteiger partial charge in [-0.2, -0.15) is 0 Å². The Morgan fingerprint density at radius 1 is 0.694 bits per heavy atom. The minimum absolute atomic E-state index is 0.0361. The van der Waals surface area contributed by atoms with E-state index in [9.17, 15) is 14.4 Å². The van der Waals surface area contributed by atoms with Crippen LogP contribution in [-0.4, -0.2) is 72.8 Å². The van der Waals surface area contributed by atoms with Gasteiger partial charge in [0.2, 0.25) is 12.7 Å². The maximum absolute atomic E-state index is 15.3.